The summed E-state index contributed by atoms with van der Waals surface area (Å²) < 4.78 is 6.29. The fraction of sp³-hybridized carbons (Fsp3) is 0.545. The van der Waals surface area contributed by atoms with Gasteiger partial charge in [0.05, 0.1) is 0 Å². The van der Waals surface area contributed by atoms with Gasteiger partial charge in [-0.3, -0.25) is 0 Å². The van der Waals surface area contributed by atoms with Crippen LogP contribution in [0.3, 0.4) is 0 Å². The minimum Gasteiger partial charge on any atom is -0.382 e. The molecule has 0 aliphatic heterocycles. The number of hydrogen-bond donors (Lipinski definition) is 1. The maximum Gasteiger partial charge on any atom is 0.126 e. The van der Waals surface area contributed by atoms with Crippen LogP contribution in [0.1, 0.15) is 18.9 Å². The van der Waals surface area contributed by atoms with Gasteiger partial charge in [0, 0.05) is 30.4 Å². The van der Waals surface area contributed by atoms with Crippen molar-refractivity contribution in [3.8, 4) is 0 Å². The molecule has 0 radical (unpaired) electrons. The van der Waals surface area contributed by atoms with Gasteiger partial charge < -0.3 is 10.1 Å². The number of nitrogens with one attached hydrogen (secondary N) is 1. The van der Waals surface area contributed by atoms with Crippen LogP contribution in [-0.2, 0) is 4.74 Å². The highest BCUT2D eigenvalue weighted by atomic mass is 79.9. The molecule has 0 spiro atoms. The van der Waals surface area contributed by atoms with Crippen LogP contribution in [0.4, 0.5) is 5.82 Å². The molecule has 0 aliphatic carbocycles. The van der Waals surface area contributed by atoms with E-state index >= 15 is 0 Å². The molecule has 0 bridgehead atoms. The zero-order valence-corrected chi connectivity index (χ0v) is 10.8. The molecular weight excluding hydrogens is 256 g/mol. The number of aromatic nitrogens is 1. The Balaban J connectivity index is 2.28. The zero-order valence-electron chi connectivity index (χ0n) is 9.22. The third kappa shape index (κ3) is 4.62. The Morgan fingerprint density at radius 3 is 3.00 bits per heavy atom. The van der Waals surface area contributed by atoms with Crippen molar-refractivity contribution in [2.45, 2.75) is 20.3 Å². The van der Waals surface area contributed by atoms with E-state index in [1.807, 2.05) is 19.2 Å². The van der Waals surface area contributed by atoms with Crippen molar-refractivity contribution in [1.82, 2.24) is 4.98 Å². The van der Waals surface area contributed by atoms with Crippen molar-refractivity contribution in [3.05, 3.63) is 22.3 Å². The molecule has 1 N–H and O–H groups in total. The summed E-state index contributed by atoms with van der Waals surface area (Å²) in [5, 5.41) is 3.26. The van der Waals surface area contributed by atoms with Crippen LogP contribution < -0.4 is 5.32 Å². The molecule has 0 unspecified atom stereocenters. The van der Waals surface area contributed by atoms with E-state index in [4.69, 9.17) is 4.74 Å². The van der Waals surface area contributed by atoms with Crippen molar-refractivity contribution in [1.29, 1.82) is 0 Å². The number of nitrogens with zero attached hydrogens (tertiary/aromatic N) is 1. The highest BCUT2D eigenvalue weighted by molar-refractivity contribution is 9.10. The minimum absolute atomic E-state index is 0.787. The van der Waals surface area contributed by atoms with Crippen LogP contribution in [0.2, 0.25) is 0 Å². The first-order valence-corrected chi connectivity index (χ1v) is 5.97. The maximum absolute atomic E-state index is 5.25. The topological polar surface area (TPSA) is 34.1 Å². The van der Waals surface area contributed by atoms with Crippen LogP contribution in [0.15, 0.2) is 16.7 Å². The molecule has 84 valence electrons. The third-order valence-electron chi connectivity index (χ3n) is 2.02. The first-order chi connectivity index (χ1) is 7.24. The molecular formula is C11H17BrN2O. The number of halogens is 1. The first-order valence-electron chi connectivity index (χ1n) is 5.17. The lowest BCUT2D eigenvalue weighted by molar-refractivity contribution is 0.147. The van der Waals surface area contributed by atoms with Gasteiger partial charge in [0.15, 0.2) is 0 Å². The molecule has 0 saturated carbocycles. The number of pyridine rings is 1. The molecule has 0 amide bonds. The molecule has 1 rings (SSSR count). The quantitative estimate of drug-likeness (QED) is 0.809. The molecule has 0 atom stereocenters. The molecule has 1 aromatic rings. The van der Waals surface area contributed by atoms with Gasteiger partial charge in [0.25, 0.3) is 0 Å². The molecule has 0 aromatic carbocycles. The summed E-state index contributed by atoms with van der Waals surface area (Å²) in [6.07, 6.45) is 2.82. The van der Waals surface area contributed by atoms with Crippen LogP contribution in [0.5, 0.6) is 0 Å². The second-order valence-corrected chi connectivity index (χ2v) is 4.15. The number of rotatable bonds is 6. The largest absolute Gasteiger partial charge is 0.382 e. The Morgan fingerprint density at radius 2 is 2.33 bits per heavy atom. The highest BCUT2D eigenvalue weighted by Crippen LogP contribution is 2.16. The Labute approximate surface area is 99.4 Å². The molecule has 1 heterocycles. The van der Waals surface area contributed by atoms with Gasteiger partial charge in [-0.25, -0.2) is 4.98 Å². The Hall–Kier alpha value is -0.610. The fourth-order valence-electron chi connectivity index (χ4n) is 1.17. The van der Waals surface area contributed by atoms with Gasteiger partial charge in [-0.15, -0.1) is 0 Å². The molecule has 1 aromatic heterocycles. The molecule has 3 nitrogen and oxygen atoms in total. The SMILES string of the molecule is CCOCCCNc1cc(C)c(Br)cn1. The molecule has 4 heteroatoms. The second kappa shape index (κ2) is 6.80. The zero-order chi connectivity index (χ0) is 11.1. The lowest BCUT2D eigenvalue weighted by Gasteiger charge is -2.06. The standard InChI is InChI=1S/C11H17BrN2O/c1-3-15-6-4-5-13-11-7-9(2)10(12)8-14-11/h7-8H,3-6H2,1-2H3,(H,13,14). The van der Waals surface area contributed by atoms with Crippen LogP contribution in [0, 0.1) is 6.92 Å². The summed E-state index contributed by atoms with van der Waals surface area (Å²) in [4.78, 5) is 4.26. The molecule has 0 aliphatic rings. The van der Waals surface area contributed by atoms with E-state index in [0.29, 0.717) is 0 Å². The van der Waals surface area contributed by atoms with Gasteiger partial charge in [-0.05, 0) is 47.8 Å². The van der Waals surface area contributed by atoms with Gasteiger partial charge >= 0.3 is 0 Å². The van der Waals surface area contributed by atoms with Crippen molar-refractivity contribution in [2.75, 3.05) is 25.1 Å². The third-order valence-corrected chi connectivity index (χ3v) is 2.85. The molecule has 0 saturated heterocycles. The van der Waals surface area contributed by atoms with E-state index in [0.717, 1.165) is 36.5 Å². The fourth-order valence-corrected chi connectivity index (χ4v) is 1.39. The van der Waals surface area contributed by atoms with Crippen LogP contribution in [0.25, 0.3) is 0 Å². The Kier molecular flexibility index (Phi) is 5.65. The maximum atomic E-state index is 5.25. The molecule has 15 heavy (non-hydrogen) atoms. The average molecular weight is 273 g/mol. The van der Waals surface area contributed by atoms with Crippen LogP contribution >= 0.6 is 15.9 Å². The van der Waals surface area contributed by atoms with E-state index in [-0.39, 0.29) is 0 Å². The Morgan fingerprint density at radius 1 is 1.53 bits per heavy atom. The predicted molar refractivity (Wildman–Crippen MR) is 66.3 cm³/mol. The van der Waals surface area contributed by atoms with E-state index in [9.17, 15) is 0 Å². The summed E-state index contributed by atoms with van der Waals surface area (Å²) in [5.74, 6) is 0.923. The lowest BCUT2D eigenvalue weighted by Crippen LogP contribution is -2.06. The Bertz CT molecular complexity index is 305. The van der Waals surface area contributed by atoms with Crippen molar-refractivity contribution < 1.29 is 4.74 Å². The van der Waals surface area contributed by atoms with E-state index in [1.165, 1.54) is 5.56 Å². The average Bonchev–Trinajstić information content (AvgIpc) is 2.23. The summed E-state index contributed by atoms with van der Waals surface area (Å²) in [7, 11) is 0. The summed E-state index contributed by atoms with van der Waals surface area (Å²) in [5.41, 5.74) is 1.19. The predicted octanol–water partition coefficient (Wildman–Crippen LogP) is 2.99. The number of aryl methyl sites for hydroxylation is 1. The van der Waals surface area contributed by atoms with E-state index in [2.05, 4.69) is 33.2 Å². The summed E-state index contributed by atoms with van der Waals surface area (Å²) in [6, 6.07) is 2.03. The van der Waals surface area contributed by atoms with Gasteiger partial charge in [-0.2, -0.15) is 0 Å². The highest BCUT2D eigenvalue weighted by Gasteiger charge is 1.97. The van der Waals surface area contributed by atoms with Crippen molar-refractivity contribution in [3.63, 3.8) is 0 Å². The monoisotopic (exact) mass is 272 g/mol. The lowest BCUT2D eigenvalue weighted by atomic mass is 10.3. The normalized spacial score (nSPS) is 10.3. The number of ether oxygens (including phenoxy) is 1. The molecule has 0 fully saturated rings. The van der Waals surface area contributed by atoms with Gasteiger partial charge in [-0.1, -0.05) is 0 Å². The first kappa shape index (κ1) is 12.5. The van der Waals surface area contributed by atoms with Gasteiger partial charge in [0.1, 0.15) is 5.82 Å². The summed E-state index contributed by atoms with van der Waals surface area (Å²) in [6.45, 7) is 6.55. The van der Waals surface area contributed by atoms with Crippen molar-refractivity contribution >= 4 is 21.7 Å². The van der Waals surface area contributed by atoms with E-state index < -0.39 is 0 Å². The van der Waals surface area contributed by atoms with E-state index in [1.54, 1.807) is 0 Å². The smallest absolute Gasteiger partial charge is 0.126 e. The second-order valence-electron chi connectivity index (χ2n) is 3.30. The summed E-state index contributed by atoms with van der Waals surface area (Å²) >= 11 is 3.42. The number of anilines is 1. The van der Waals surface area contributed by atoms with Crippen LogP contribution in [-0.4, -0.2) is 24.7 Å². The van der Waals surface area contributed by atoms with Gasteiger partial charge in [0.2, 0.25) is 0 Å². The number of hydrogen-bond acceptors (Lipinski definition) is 3. The van der Waals surface area contributed by atoms with Crippen molar-refractivity contribution in [2.24, 2.45) is 0 Å². The minimum atomic E-state index is 0.787.